The summed E-state index contributed by atoms with van der Waals surface area (Å²) >= 11 is 8.43. The van der Waals surface area contributed by atoms with Crippen LogP contribution in [0.4, 0.5) is 0 Å². The predicted octanol–water partition coefficient (Wildman–Crippen LogP) is 3.75. The molecule has 0 radical (unpaired) electrons. The fourth-order valence-electron chi connectivity index (χ4n) is 1.48. The molecular formula is C15H22O3S2. The number of carbonyl (C=O) groups is 2. The third kappa shape index (κ3) is 12.1. The zero-order chi connectivity index (χ0) is 15.2. The first kappa shape index (κ1) is 19.1. The Morgan fingerprint density at radius 3 is 2.30 bits per heavy atom. The number of carboxylic acid groups (broad SMARTS) is 1. The van der Waals surface area contributed by atoms with Gasteiger partial charge in [-0.3, -0.25) is 9.59 Å². The van der Waals surface area contributed by atoms with Gasteiger partial charge in [-0.1, -0.05) is 36.8 Å². The van der Waals surface area contributed by atoms with Crippen molar-refractivity contribution < 1.29 is 14.7 Å². The van der Waals surface area contributed by atoms with Gasteiger partial charge >= 0.3 is 5.97 Å². The van der Waals surface area contributed by atoms with Crippen LogP contribution in [0.1, 0.15) is 42.5 Å². The molecule has 0 heterocycles. The van der Waals surface area contributed by atoms with E-state index >= 15 is 0 Å². The number of benzene rings is 1. The van der Waals surface area contributed by atoms with Crippen LogP contribution in [0.2, 0.25) is 0 Å². The normalized spacial score (nSPS) is 11.1. The number of thiol groups is 2. The van der Waals surface area contributed by atoms with Gasteiger partial charge in [0, 0.05) is 17.2 Å². The lowest BCUT2D eigenvalue weighted by Gasteiger charge is -2.06. The standard InChI is InChI=1S/C8H16O2S2.C7H6O/c9-8(10)4-2-1-3-7(12)5-6-11;8-6-7-4-2-1-3-5-7/h7,11-12H,1-6H2,(H,9,10);1-6H. The summed E-state index contributed by atoms with van der Waals surface area (Å²) in [5, 5.41) is 8.74. The van der Waals surface area contributed by atoms with E-state index in [0.717, 1.165) is 43.3 Å². The molecular weight excluding hydrogens is 292 g/mol. The number of carboxylic acids is 1. The minimum Gasteiger partial charge on any atom is -0.481 e. The predicted molar refractivity (Wildman–Crippen MR) is 89.2 cm³/mol. The molecule has 0 amide bonds. The first-order valence-corrected chi connectivity index (χ1v) is 7.76. The topological polar surface area (TPSA) is 54.4 Å². The minimum absolute atomic E-state index is 0.279. The molecule has 0 fully saturated rings. The van der Waals surface area contributed by atoms with Crippen LogP contribution in [-0.4, -0.2) is 28.4 Å². The molecule has 0 spiro atoms. The minimum atomic E-state index is -0.708. The van der Waals surface area contributed by atoms with Crippen LogP contribution in [0, 0.1) is 0 Å². The van der Waals surface area contributed by atoms with Crippen molar-refractivity contribution in [2.75, 3.05) is 5.75 Å². The molecule has 1 N–H and O–H groups in total. The van der Waals surface area contributed by atoms with Crippen molar-refractivity contribution in [2.24, 2.45) is 0 Å². The van der Waals surface area contributed by atoms with E-state index in [1.54, 1.807) is 12.1 Å². The van der Waals surface area contributed by atoms with Gasteiger partial charge in [0.05, 0.1) is 0 Å². The van der Waals surface area contributed by atoms with Crippen LogP contribution >= 0.6 is 25.3 Å². The summed E-state index contributed by atoms with van der Waals surface area (Å²) in [6.45, 7) is 0. The summed E-state index contributed by atoms with van der Waals surface area (Å²) < 4.78 is 0. The Kier molecular flexibility index (Phi) is 12.4. The summed E-state index contributed by atoms with van der Waals surface area (Å²) in [4.78, 5) is 20.1. The quantitative estimate of drug-likeness (QED) is 0.389. The molecule has 0 bridgehead atoms. The summed E-state index contributed by atoms with van der Waals surface area (Å²) in [5.74, 6) is 0.146. The van der Waals surface area contributed by atoms with E-state index in [1.807, 2.05) is 18.2 Å². The van der Waals surface area contributed by atoms with Crippen LogP contribution in [0.25, 0.3) is 0 Å². The molecule has 0 saturated carbocycles. The molecule has 1 atom stereocenters. The molecule has 112 valence electrons. The third-order valence-electron chi connectivity index (χ3n) is 2.58. The zero-order valence-corrected chi connectivity index (χ0v) is 13.2. The first-order chi connectivity index (χ1) is 9.60. The van der Waals surface area contributed by atoms with Crippen molar-refractivity contribution in [3.63, 3.8) is 0 Å². The lowest BCUT2D eigenvalue weighted by Crippen LogP contribution is -2.00. The fourth-order valence-corrected chi connectivity index (χ4v) is 2.31. The van der Waals surface area contributed by atoms with Gasteiger partial charge < -0.3 is 5.11 Å². The highest BCUT2D eigenvalue weighted by Crippen LogP contribution is 2.12. The highest BCUT2D eigenvalue weighted by Gasteiger charge is 2.02. The third-order valence-corrected chi connectivity index (χ3v) is 3.35. The van der Waals surface area contributed by atoms with Crippen LogP contribution in [0.3, 0.4) is 0 Å². The second-order valence-corrected chi connectivity index (χ2v) is 5.51. The maximum atomic E-state index is 10.1. The van der Waals surface area contributed by atoms with E-state index in [4.69, 9.17) is 5.11 Å². The van der Waals surface area contributed by atoms with Crippen LogP contribution in [0.15, 0.2) is 30.3 Å². The first-order valence-electron chi connectivity index (χ1n) is 6.61. The van der Waals surface area contributed by atoms with Crippen molar-refractivity contribution in [3.05, 3.63) is 35.9 Å². The Morgan fingerprint density at radius 1 is 1.20 bits per heavy atom. The average molecular weight is 314 g/mol. The monoisotopic (exact) mass is 314 g/mol. The van der Waals surface area contributed by atoms with Gasteiger partial charge in [0.2, 0.25) is 0 Å². The smallest absolute Gasteiger partial charge is 0.303 e. The largest absolute Gasteiger partial charge is 0.481 e. The summed E-state index contributed by atoms with van der Waals surface area (Å²) in [6, 6.07) is 9.10. The average Bonchev–Trinajstić information content (AvgIpc) is 2.45. The number of unbranched alkanes of at least 4 members (excludes halogenated alkanes) is 1. The van der Waals surface area contributed by atoms with Gasteiger partial charge in [-0.25, -0.2) is 0 Å². The lowest BCUT2D eigenvalue weighted by molar-refractivity contribution is -0.137. The molecule has 5 heteroatoms. The van der Waals surface area contributed by atoms with Crippen molar-refractivity contribution in [2.45, 2.75) is 37.4 Å². The van der Waals surface area contributed by atoms with Crippen LogP contribution < -0.4 is 0 Å². The number of aliphatic carboxylic acids is 1. The second-order valence-electron chi connectivity index (χ2n) is 4.33. The number of aldehydes is 1. The molecule has 0 aliphatic heterocycles. The Balaban J connectivity index is 0.000000388. The van der Waals surface area contributed by atoms with Crippen molar-refractivity contribution in [1.82, 2.24) is 0 Å². The fraction of sp³-hybridized carbons (Fsp3) is 0.467. The molecule has 0 aromatic heterocycles. The number of carbonyl (C=O) groups excluding carboxylic acids is 1. The second kappa shape index (κ2) is 13.1. The van der Waals surface area contributed by atoms with Gasteiger partial charge in [-0.05, 0) is 25.0 Å². The highest BCUT2D eigenvalue weighted by molar-refractivity contribution is 7.81. The molecule has 20 heavy (non-hydrogen) atoms. The zero-order valence-electron chi connectivity index (χ0n) is 11.4. The van der Waals surface area contributed by atoms with E-state index in [9.17, 15) is 9.59 Å². The van der Waals surface area contributed by atoms with Crippen molar-refractivity contribution in [3.8, 4) is 0 Å². The van der Waals surface area contributed by atoms with Gasteiger partial charge in [-0.15, -0.1) is 0 Å². The molecule has 1 unspecified atom stereocenters. The Bertz CT molecular complexity index is 369. The SMILES string of the molecule is O=C(O)CCCCC(S)CCS.O=Cc1ccccc1. The van der Waals surface area contributed by atoms with Gasteiger partial charge in [0.15, 0.2) is 0 Å². The summed E-state index contributed by atoms with van der Waals surface area (Å²) in [6.07, 6.45) is 4.82. The lowest BCUT2D eigenvalue weighted by atomic mass is 10.1. The Labute approximate surface area is 131 Å². The van der Waals surface area contributed by atoms with Crippen molar-refractivity contribution in [1.29, 1.82) is 0 Å². The Morgan fingerprint density at radius 2 is 1.85 bits per heavy atom. The van der Waals surface area contributed by atoms with E-state index in [1.165, 1.54) is 0 Å². The molecule has 0 saturated heterocycles. The molecule has 0 aliphatic carbocycles. The van der Waals surface area contributed by atoms with Gasteiger partial charge in [0.1, 0.15) is 6.29 Å². The van der Waals surface area contributed by atoms with Gasteiger partial charge in [0.25, 0.3) is 0 Å². The molecule has 1 rings (SSSR count). The maximum Gasteiger partial charge on any atom is 0.303 e. The number of hydrogen-bond donors (Lipinski definition) is 3. The molecule has 1 aromatic rings. The van der Waals surface area contributed by atoms with E-state index < -0.39 is 5.97 Å². The van der Waals surface area contributed by atoms with Gasteiger partial charge in [-0.2, -0.15) is 25.3 Å². The van der Waals surface area contributed by atoms with Crippen LogP contribution in [0.5, 0.6) is 0 Å². The molecule has 0 aliphatic rings. The maximum absolute atomic E-state index is 10.1. The Hall–Kier alpha value is -0.940. The molecule has 3 nitrogen and oxygen atoms in total. The molecule has 1 aromatic carbocycles. The van der Waals surface area contributed by atoms with E-state index in [2.05, 4.69) is 25.3 Å². The highest BCUT2D eigenvalue weighted by atomic mass is 32.1. The number of rotatable bonds is 8. The summed E-state index contributed by atoms with van der Waals surface area (Å²) in [5.41, 5.74) is 0.729. The van der Waals surface area contributed by atoms with E-state index in [-0.39, 0.29) is 6.42 Å². The van der Waals surface area contributed by atoms with Crippen LogP contribution in [-0.2, 0) is 4.79 Å². The number of hydrogen-bond acceptors (Lipinski definition) is 4. The summed E-state index contributed by atoms with van der Waals surface area (Å²) in [7, 11) is 0. The van der Waals surface area contributed by atoms with E-state index in [0.29, 0.717) is 5.25 Å². The van der Waals surface area contributed by atoms with Crippen molar-refractivity contribution >= 4 is 37.5 Å².